The van der Waals surface area contributed by atoms with Crippen LogP contribution in [-0.4, -0.2) is 5.78 Å². The van der Waals surface area contributed by atoms with Gasteiger partial charge in [-0.25, -0.2) is 0 Å². The lowest BCUT2D eigenvalue weighted by Gasteiger charge is -2.02. The van der Waals surface area contributed by atoms with Crippen LogP contribution in [0.3, 0.4) is 0 Å². The van der Waals surface area contributed by atoms with Crippen LogP contribution < -0.4 is 0 Å². The minimum atomic E-state index is 0.0734. The Bertz CT molecular complexity index is 486. The molecule has 0 atom stereocenters. The maximum atomic E-state index is 12.1. The van der Waals surface area contributed by atoms with Crippen molar-refractivity contribution in [3.63, 3.8) is 0 Å². The lowest BCUT2D eigenvalue weighted by Crippen LogP contribution is -2.01. The first kappa shape index (κ1) is 10.6. The summed E-state index contributed by atoms with van der Waals surface area (Å²) in [6.07, 6.45) is 1.99. The number of hydrogen-bond donors (Lipinski definition) is 0. The molecule has 0 aliphatic rings. The number of benzene rings is 2. The summed E-state index contributed by atoms with van der Waals surface area (Å²) in [4.78, 5) is 12.1. The van der Waals surface area contributed by atoms with Crippen LogP contribution in [0.2, 0.25) is 0 Å². The second-order valence-electron chi connectivity index (χ2n) is 3.61. The SMILES string of the molecule is C[CH]c1cccc(C(=O)c2ccccc2)c1. The molecule has 0 N–H and O–H groups in total. The molecule has 1 nitrogen and oxygen atoms in total. The highest BCUT2D eigenvalue weighted by Crippen LogP contribution is 2.12. The van der Waals surface area contributed by atoms with Gasteiger partial charge in [-0.3, -0.25) is 4.79 Å². The van der Waals surface area contributed by atoms with Gasteiger partial charge in [0.1, 0.15) is 0 Å². The molecule has 0 bridgehead atoms. The first-order valence-electron chi connectivity index (χ1n) is 5.30. The highest BCUT2D eigenvalue weighted by Gasteiger charge is 2.07. The van der Waals surface area contributed by atoms with Crippen molar-refractivity contribution in [1.29, 1.82) is 0 Å². The summed E-state index contributed by atoms with van der Waals surface area (Å²) in [6, 6.07) is 17.0. The van der Waals surface area contributed by atoms with Crippen molar-refractivity contribution < 1.29 is 4.79 Å². The van der Waals surface area contributed by atoms with E-state index in [0.29, 0.717) is 0 Å². The van der Waals surface area contributed by atoms with Crippen LogP contribution in [0.4, 0.5) is 0 Å². The lowest BCUT2D eigenvalue weighted by atomic mass is 10.0. The Kier molecular flexibility index (Phi) is 3.16. The van der Waals surface area contributed by atoms with Gasteiger partial charge in [-0.2, -0.15) is 0 Å². The molecule has 16 heavy (non-hydrogen) atoms. The molecule has 0 spiro atoms. The van der Waals surface area contributed by atoms with E-state index in [1.807, 2.05) is 67.9 Å². The number of rotatable bonds is 3. The molecule has 0 aliphatic heterocycles. The zero-order valence-electron chi connectivity index (χ0n) is 9.18. The smallest absolute Gasteiger partial charge is 0.193 e. The maximum Gasteiger partial charge on any atom is 0.193 e. The summed E-state index contributed by atoms with van der Waals surface area (Å²) >= 11 is 0. The quantitative estimate of drug-likeness (QED) is 0.707. The fourth-order valence-corrected chi connectivity index (χ4v) is 1.62. The van der Waals surface area contributed by atoms with Gasteiger partial charge in [0.25, 0.3) is 0 Å². The number of carbonyl (C=O) groups is 1. The van der Waals surface area contributed by atoms with Crippen molar-refractivity contribution in [1.82, 2.24) is 0 Å². The van der Waals surface area contributed by atoms with E-state index in [1.54, 1.807) is 0 Å². The Labute approximate surface area is 95.7 Å². The largest absolute Gasteiger partial charge is 0.289 e. The van der Waals surface area contributed by atoms with Crippen molar-refractivity contribution in [2.75, 3.05) is 0 Å². The molecule has 0 saturated heterocycles. The standard InChI is InChI=1S/C15H13O/c1-2-12-7-6-10-14(11-12)15(16)13-8-4-3-5-9-13/h2-11H,1H3. The number of carbonyl (C=O) groups excluding carboxylic acids is 1. The Balaban J connectivity index is 2.34. The Morgan fingerprint density at radius 1 is 0.938 bits per heavy atom. The normalized spacial score (nSPS) is 10.1. The molecule has 0 aliphatic carbocycles. The van der Waals surface area contributed by atoms with Gasteiger partial charge in [-0.05, 0) is 18.1 Å². The van der Waals surface area contributed by atoms with Crippen molar-refractivity contribution in [3.8, 4) is 0 Å². The van der Waals surface area contributed by atoms with Gasteiger partial charge in [0.2, 0.25) is 0 Å². The monoisotopic (exact) mass is 209 g/mol. The summed E-state index contributed by atoms with van der Waals surface area (Å²) in [5.41, 5.74) is 2.54. The molecular formula is C15H13O. The molecule has 2 aromatic rings. The summed E-state index contributed by atoms with van der Waals surface area (Å²) in [5.74, 6) is 0.0734. The van der Waals surface area contributed by atoms with E-state index in [-0.39, 0.29) is 5.78 Å². The van der Waals surface area contributed by atoms with Crippen LogP contribution in [0, 0.1) is 6.42 Å². The van der Waals surface area contributed by atoms with E-state index in [9.17, 15) is 4.79 Å². The van der Waals surface area contributed by atoms with Gasteiger partial charge in [-0.15, -0.1) is 0 Å². The predicted octanol–water partition coefficient (Wildman–Crippen LogP) is 3.49. The van der Waals surface area contributed by atoms with Crippen molar-refractivity contribution >= 4 is 5.78 Å². The highest BCUT2D eigenvalue weighted by atomic mass is 16.1. The van der Waals surface area contributed by atoms with Gasteiger partial charge >= 0.3 is 0 Å². The van der Waals surface area contributed by atoms with Crippen molar-refractivity contribution in [2.24, 2.45) is 0 Å². The molecule has 0 amide bonds. The summed E-state index contributed by atoms with van der Waals surface area (Å²) < 4.78 is 0. The second-order valence-corrected chi connectivity index (χ2v) is 3.61. The zero-order valence-corrected chi connectivity index (χ0v) is 9.18. The summed E-state index contributed by atoms with van der Waals surface area (Å²) in [5, 5.41) is 0. The molecule has 2 rings (SSSR count). The summed E-state index contributed by atoms with van der Waals surface area (Å²) in [7, 11) is 0. The van der Waals surface area contributed by atoms with E-state index < -0.39 is 0 Å². The molecule has 79 valence electrons. The fourth-order valence-electron chi connectivity index (χ4n) is 1.62. The molecule has 1 heteroatoms. The molecule has 2 aromatic carbocycles. The van der Waals surface area contributed by atoms with E-state index in [1.165, 1.54) is 0 Å². The number of ketones is 1. The van der Waals surface area contributed by atoms with Crippen LogP contribution in [-0.2, 0) is 0 Å². The third-order valence-corrected chi connectivity index (χ3v) is 2.52. The highest BCUT2D eigenvalue weighted by molar-refractivity contribution is 6.09. The Hall–Kier alpha value is -1.89. The molecule has 1 radical (unpaired) electrons. The van der Waals surface area contributed by atoms with Crippen LogP contribution in [0.5, 0.6) is 0 Å². The molecule has 0 heterocycles. The van der Waals surface area contributed by atoms with E-state index in [4.69, 9.17) is 0 Å². The average Bonchev–Trinajstić information content (AvgIpc) is 2.39. The fraction of sp³-hybridized carbons (Fsp3) is 0.0667. The number of hydrogen-bond acceptors (Lipinski definition) is 1. The first-order chi connectivity index (χ1) is 7.81. The lowest BCUT2D eigenvalue weighted by molar-refractivity contribution is 0.103. The molecule has 0 saturated carbocycles. The van der Waals surface area contributed by atoms with Crippen LogP contribution in [0.1, 0.15) is 28.4 Å². The third-order valence-electron chi connectivity index (χ3n) is 2.52. The minimum absolute atomic E-state index is 0.0734. The van der Waals surface area contributed by atoms with Gasteiger partial charge in [-0.1, -0.05) is 55.5 Å². The maximum absolute atomic E-state index is 12.1. The molecule has 0 fully saturated rings. The Morgan fingerprint density at radius 2 is 1.62 bits per heavy atom. The molecule has 0 aromatic heterocycles. The molecule has 0 unspecified atom stereocenters. The van der Waals surface area contributed by atoms with Crippen LogP contribution in [0.25, 0.3) is 0 Å². The minimum Gasteiger partial charge on any atom is -0.289 e. The van der Waals surface area contributed by atoms with Crippen molar-refractivity contribution in [3.05, 3.63) is 77.7 Å². The van der Waals surface area contributed by atoms with E-state index >= 15 is 0 Å². The zero-order chi connectivity index (χ0) is 11.4. The van der Waals surface area contributed by atoms with E-state index in [0.717, 1.165) is 16.7 Å². The van der Waals surface area contributed by atoms with E-state index in [2.05, 4.69) is 0 Å². The van der Waals surface area contributed by atoms with Gasteiger partial charge < -0.3 is 0 Å². The van der Waals surface area contributed by atoms with Crippen molar-refractivity contribution in [2.45, 2.75) is 6.92 Å². The topological polar surface area (TPSA) is 17.1 Å². The first-order valence-corrected chi connectivity index (χ1v) is 5.30. The summed E-state index contributed by atoms with van der Waals surface area (Å²) in [6.45, 7) is 1.96. The van der Waals surface area contributed by atoms with Crippen LogP contribution >= 0.6 is 0 Å². The third kappa shape index (κ3) is 2.19. The van der Waals surface area contributed by atoms with Crippen LogP contribution in [0.15, 0.2) is 54.6 Å². The van der Waals surface area contributed by atoms with Gasteiger partial charge in [0, 0.05) is 11.1 Å². The average molecular weight is 209 g/mol. The van der Waals surface area contributed by atoms with Gasteiger partial charge in [0.15, 0.2) is 5.78 Å². The Morgan fingerprint density at radius 3 is 2.31 bits per heavy atom. The predicted molar refractivity (Wildman–Crippen MR) is 65.4 cm³/mol. The second kappa shape index (κ2) is 4.75. The van der Waals surface area contributed by atoms with Gasteiger partial charge in [0.05, 0.1) is 0 Å². The molecular weight excluding hydrogens is 196 g/mol.